The molecule has 0 saturated heterocycles. The van der Waals surface area contributed by atoms with Crippen LogP contribution in [0, 0.1) is 22.9 Å². The van der Waals surface area contributed by atoms with Crippen LogP contribution in [0.5, 0.6) is 0 Å². The molecule has 5 heteroatoms. The van der Waals surface area contributed by atoms with Crippen molar-refractivity contribution in [3.05, 3.63) is 68.7 Å². The maximum absolute atomic E-state index is 4.08. The fraction of sp³-hybridized carbons (Fsp3) is 0.409. The van der Waals surface area contributed by atoms with E-state index in [-0.39, 0.29) is 0 Å². The Kier molecular flexibility index (Phi) is 8.90. The molecule has 0 amide bonds. The van der Waals surface area contributed by atoms with E-state index in [4.69, 9.17) is 0 Å². The molecule has 252 valence electrons. The lowest BCUT2D eigenvalue weighted by Crippen LogP contribution is -2.43. The molecule has 2 aliphatic carbocycles. The van der Waals surface area contributed by atoms with E-state index < -0.39 is 16.1 Å². The van der Waals surface area contributed by atoms with Crippen molar-refractivity contribution in [2.75, 3.05) is 0 Å². The maximum Gasteiger partial charge on any atom is 0.146 e. The Balaban J connectivity index is 1.51. The Morgan fingerprint density at radius 3 is 1.02 bits per heavy atom. The third-order valence-electron chi connectivity index (χ3n) is 12.1. The number of thiophene rings is 3. The topological polar surface area (TPSA) is 0 Å². The van der Waals surface area contributed by atoms with Crippen LogP contribution in [0.25, 0.3) is 52.2 Å². The van der Waals surface area contributed by atoms with Gasteiger partial charge in [0.25, 0.3) is 0 Å². The molecule has 0 fully saturated rings. The van der Waals surface area contributed by atoms with Gasteiger partial charge in [-0.3, -0.25) is 0 Å². The molecule has 0 nitrogen and oxygen atoms in total. The van der Waals surface area contributed by atoms with Gasteiger partial charge in [0.15, 0.2) is 0 Å². The number of hydrogen-bond acceptors (Lipinski definition) is 3. The van der Waals surface area contributed by atoms with Crippen molar-refractivity contribution < 1.29 is 0 Å². The van der Waals surface area contributed by atoms with Crippen molar-refractivity contribution in [2.45, 2.75) is 116 Å². The van der Waals surface area contributed by atoms with Crippen molar-refractivity contribution in [3.8, 4) is 45.2 Å². The Morgan fingerprint density at radius 1 is 0.408 bits per heavy atom. The summed E-state index contributed by atoms with van der Waals surface area (Å²) in [6.45, 7) is 29.0. The molecule has 0 spiro atoms. The molecule has 0 N–H and O–H groups in total. The van der Waals surface area contributed by atoms with Gasteiger partial charge in [0.1, 0.15) is 16.1 Å². The van der Waals surface area contributed by atoms with Crippen LogP contribution in [-0.2, 0) is 0 Å². The summed E-state index contributed by atoms with van der Waals surface area (Å²) in [5.41, 5.74) is 22.6. The first-order valence-corrected chi connectivity index (χ1v) is 25.2. The van der Waals surface area contributed by atoms with E-state index in [1.54, 1.807) is 0 Å². The van der Waals surface area contributed by atoms with Crippen LogP contribution in [0.1, 0.15) is 94.2 Å². The van der Waals surface area contributed by atoms with Gasteiger partial charge in [-0.15, -0.1) is 45.1 Å². The molecular weight excluding hydrogens is 681 g/mol. The highest BCUT2D eigenvalue weighted by atomic mass is 32.1. The molecule has 0 aliphatic heterocycles. The summed E-state index contributed by atoms with van der Waals surface area (Å²) in [5, 5.41) is 0. The van der Waals surface area contributed by atoms with Gasteiger partial charge in [-0.05, 0) is 55.5 Å². The molecule has 2 aliphatic rings. The lowest BCUT2D eigenvalue weighted by atomic mass is 10.0. The van der Waals surface area contributed by atoms with E-state index in [0.29, 0.717) is 33.2 Å². The number of fused-ring (bicyclic) bond motifs is 11. The average molecular weight is 731 g/mol. The summed E-state index contributed by atoms with van der Waals surface area (Å²) >= 11 is 5.99. The van der Waals surface area contributed by atoms with Crippen LogP contribution in [0.2, 0.25) is 33.2 Å². The van der Waals surface area contributed by atoms with Crippen LogP contribution >= 0.6 is 34.0 Å². The van der Waals surface area contributed by atoms with Gasteiger partial charge >= 0.3 is 0 Å². The van der Waals surface area contributed by atoms with Crippen molar-refractivity contribution in [3.63, 3.8) is 0 Å². The molecule has 0 bridgehead atoms. The van der Waals surface area contributed by atoms with E-state index in [1.165, 1.54) is 72.4 Å². The van der Waals surface area contributed by atoms with Gasteiger partial charge < -0.3 is 0 Å². The molecule has 0 unspecified atom stereocenters. The molecule has 3 heterocycles. The molecule has 0 atom stereocenters. The molecule has 49 heavy (non-hydrogen) atoms. The first kappa shape index (κ1) is 34.8. The van der Waals surface area contributed by atoms with Crippen LogP contribution in [0.4, 0.5) is 0 Å². The van der Waals surface area contributed by atoms with Gasteiger partial charge in [-0.25, -0.2) is 0 Å². The van der Waals surface area contributed by atoms with Gasteiger partial charge in [0, 0.05) is 22.3 Å². The van der Waals surface area contributed by atoms with Crippen LogP contribution in [-0.4, -0.2) is 16.1 Å². The van der Waals surface area contributed by atoms with Gasteiger partial charge in [0.2, 0.25) is 0 Å². The monoisotopic (exact) mass is 730 g/mol. The standard InChI is InChI=1S/C44H50S3Si2/c1-25(2)48(26(3)4,27(5)6)23-21-35-31-17-13-15-19-33(31)37-39(35)45-43-41(37)47-42-38-34-20-16-14-18-32(34)36(40(38)46-44(42)43)22-24-49(28(7)8,29(9)10)30(11)12/h13-20,25-30H,1-12H3. The average Bonchev–Trinajstić information content (AvgIpc) is 3.80. The van der Waals surface area contributed by atoms with E-state index in [9.17, 15) is 0 Å². The molecule has 0 saturated carbocycles. The third-order valence-corrected chi connectivity index (χ3v) is 28.7. The van der Waals surface area contributed by atoms with E-state index >= 15 is 0 Å². The Bertz CT molecular complexity index is 2170. The minimum atomic E-state index is -1.88. The van der Waals surface area contributed by atoms with Crippen LogP contribution < -0.4 is 9.06 Å². The van der Waals surface area contributed by atoms with Gasteiger partial charge in [0.05, 0.1) is 27.9 Å². The highest BCUT2D eigenvalue weighted by molar-refractivity contribution is 7.39. The number of hydrogen-bond donors (Lipinski definition) is 0. The summed E-state index contributed by atoms with van der Waals surface area (Å²) in [5.74, 6) is 7.85. The van der Waals surface area contributed by atoms with Crippen molar-refractivity contribution in [2.24, 2.45) is 0 Å². The van der Waals surface area contributed by atoms with Gasteiger partial charge in [-0.2, -0.15) is 0 Å². The Hall–Kier alpha value is -2.65. The second kappa shape index (κ2) is 12.5. The fourth-order valence-electron chi connectivity index (χ4n) is 9.81. The summed E-state index contributed by atoms with van der Waals surface area (Å²) in [7, 11) is -3.75. The smallest absolute Gasteiger partial charge is 0.132 e. The third kappa shape index (κ3) is 4.94. The summed E-state index contributed by atoms with van der Waals surface area (Å²) in [6.07, 6.45) is 0. The Morgan fingerprint density at radius 2 is 0.714 bits per heavy atom. The minimum absolute atomic E-state index is 0.613. The summed E-state index contributed by atoms with van der Waals surface area (Å²) in [4.78, 5) is 0. The van der Waals surface area contributed by atoms with Crippen molar-refractivity contribution in [1.82, 2.24) is 0 Å². The molecule has 7 rings (SSSR count). The first-order valence-electron chi connectivity index (χ1n) is 18.3. The van der Waals surface area contributed by atoms with Crippen molar-refractivity contribution >= 4 is 80.1 Å². The molecule has 2 aromatic carbocycles. The second-order valence-electron chi connectivity index (χ2n) is 16.2. The fourth-order valence-corrected chi connectivity index (χ4v) is 24.8. The number of benzene rings is 2. The largest absolute Gasteiger partial charge is 0.146 e. The maximum atomic E-state index is 4.08. The van der Waals surface area contributed by atoms with Crippen LogP contribution in [0.3, 0.4) is 0 Å². The summed E-state index contributed by atoms with van der Waals surface area (Å²) < 4.78 is 8.54. The molecular formula is C44H50S3Si2. The number of rotatable bonds is 6. The van der Waals surface area contributed by atoms with E-state index in [1.807, 2.05) is 34.0 Å². The zero-order chi connectivity index (χ0) is 35.2. The predicted molar refractivity (Wildman–Crippen MR) is 228 cm³/mol. The first-order chi connectivity index (χ1) is 23.3. The van der Waals surface area contributed by atoms with E-state index in [2.05, 4.69) is 155 Å². The quantitative estimate of drug-likeness (QED) is 0.121. The van der Waals surface area contributed by atoms with E-state index in [0.717, 1.165) is 0 Å². The second-order valence-corrected chi connectivity index (χ2v) is 30.4. The van der Waals surface area contributed by atoms with Gasteiger partial charge in [-0.1, -0.05) is 143 Å². The molecule has 0 radical (unpaired) electrons. The molecule has 3 aromatic heterocycles. The highest BCUT2D eigenvalue weighted by Gasteiger charge is 2.43. The summed E-state index contributed by atoms with van der Waals surface area (Å²) in [6, 6.07) is 18.1. The lowest BCUT2D eigenvalue weighted by molar-refractivity contribution is 0.838. The normalized spacial score (nSPS) is 14.0. The molecule has 5 aromatic rings. The lowest BCUT2D eigenvalue weighted by Gasteiger charge is -2.38. The SMILES string of the molecule is CC(C)[Si](C#CC1=c2sc3c(sc4c5c(sc43)=C(C#C[Si](C(C)C)(C(C)C)C(C)C)c3ccccc3-5)c2-c2ccccc21)(C(C)C)C(C)C. The van der Waals surface area contributed by atoms with Crippen molar-refractivity contribution in [1.29, 1.82) is 0 Å². The van der Waals surface area contributed by atoms with Crippen LogP contribution in [0.15, 0.2) is 48.5 Å². The zero-order valence-electron chi connectivity index (χ0n) is 31.3. The highest BCUT2D eigenvalue weighted by Crippen LogP contribution is 2.51. The Labute approximate surface area is 308 Å². The predicted octanol–water partition coefficient (Wildman–Crippen LogP) is 13.0. The zero-order valence-corrected chi connectivity index (χ0v) is 35.8. The minimum Gasteiger partial charge on any atom is -0.132 e.